The average molecular weight is 804 g/mol. The molecule has 2 heterocycles. The fraction of sp³-hybridized carbons (Fsp3) is 0.190. The molecule has 0 unspecified atom stereocenters. The van der Waals surface area contributed by atoms with E-state index in [9.17, 15) is 0 Å². The van der Waals surface area contributed by atoms with Crippen molar-refractivity contribution in [3.8, 4) is 0 Å². The van der Waals surface area contributed by atoms with E-state index in [1.54, 1.807) is 31.7 Å². The molecule has 0 aliphatic rings. The Morgan fingerprint density at radius 3 is 0.966 bits per heavy atom. The van der Waals surface area contributed by atoms with Gasteiger partial charge in [0.1, 0.15) is 0 Å². The van der Waals surface area contributed by atoms with Crippen molar-refractivity contribution in [3.63, 3.8) is 0 Å². The third-order valence-electron chi connectivity index (χ3n) is 2.75. The van der Waals surface area contributed by atoms with Gasteiger partial charge in [0.05, 0.1) is 22.1 Å². The van der Waals surface area contributed by atoms with Gasteiger partial charge < -0.3 is 6.92 Å². The molecule has 0 N–H and O–H groups in total. The molecule has 0 aliphatic heterocycles. The number of halogens is 3. The van der Waals surface area contributed by atoms with Gasteiger partial charge in [-0.3, -0.25) is 19.9 Å². The van der Waals surface area contributed by atoms with Crippen LogP contribution in [0, 0.1) is 6.92 Å². The zero-order chi connectivity index (χ0) is 20.3. The van der Waals surface area contributed by atoms with Crippen LogP contribution >= 0.6 is 61.2 Å². The molecule has 2 aromatic heterocycles. The van der Waals surface area contributed by atoms with Crippen LogP contribution in [0.5, 0.6) is 0 Å². The Morgan fingerprint density at radius 1 is 0.621 bits per heavy atom. The second kappa shape index (κ2) is 24.7. The monoisotopic (exact) mass is 804 g/mol. The van der Waals surface area contributed by atoms with Crippen LogP contribution in [0.1, 0.15) is 27.2 Å². The minimum Gasteiger partial charge on any atom is -0.346 e. The van der Waals surface area contributed by atoms with Gasteiger partial charge in [-0.1, -0.05) is 44.5 Å². The second-order valence-electron chi connectivity index (χ2n) is 4.80. The van der Waals surface area contributed by atoms with Crippen LogP contribution in [0.25, 0.3) is 22.1 Å². The van der Waals surface area contributed by atoms with Gasteiger partial charge in [-0.25, -0.2) is 0 Å². The van der Waals surface area contributed by atoms with Crippen molar-refractivity contribution in [2.75, 3.05) is 0 Å². The number of hydrogen-bond acceptors (Lipinski definition) is 4. The Bertz CT molecular complexity index is 664. The molecule has 0 fully saturated rings. The van der Waals surface area contributed by atoms with Crippen molar-refractivity contribution in [1.29, 1.82) is 0 Å². The summed E-state index contributed by atoms with van der Waals surface area (Å²) in [6, 6.07) is 15.6. The van der Waals surface area contributed by atoms with Crippen molar-refractivity contribution in [2.24, 2.45) is 0 Å². The number of aromatic nitrogens is 4. The van der Waals surface area contributed by atoms with Gasteiger partial charge in [0.2, 0.25) is 0 Å². The van der Waals surface area contributed by atoms with E-state index in [-0.39, 0.29) is 56.7 Å². The maximum Gasteiger partial charge on any atom is 0.0886 e. The van der Waals surface area contributed by atoms with E-state index in [1.165, 1.54) is 6.42 Å². The third kappa shape index (κ3) is 15.0. The SMILES string of the molecule is CCC.I.II.[CH2-]C.[Y].c1ccc2nccnc2c1.c1ccc2nccnc2c1. The van der Waals surface area contributed by atoms with Crippen LogP contribution in [-0.4, -0.2) is 19.9 Å². The maximum atomic E-state index is 4.12. The van der Waals surface area contributed by atoms with E-state index in [0.29, 0.717) is 0 Å². The Balaban J connectivity index is -0.000000340. The number of benzene rings is 2. The third-order valence-corrected chi connectivity index (χ3v) is 2.75. The molecule has 1 radical (unpaired) electrons. The first kappa shape index (κ1) is 34.0. The van der Waals surface area contributed by atoms with Gasteiger partial charge in [0.25, 0.3) is 0 Å². The van der Waals surface area contributed by atoms with Gasteiger partial charge in [0, 0.05) is 94.7 Å². The quantitative estimate of drug-likeness (QED) is 0.134. The minimum atomic E-state index is 0. The minimum absolute atomic E-state index is 0. The summed E-state index contributed by atoms with van der Waals surface area (Å²) in [5, 5.41) is 0. The Morgan fingerprint density at radius 2 is 0.793 bits per heavy atom. The first-order valence-electron chi connectivity index (χ1n) is 8.51. The molecule has 2 aromatic carbocycles. The van der Waals surface area contributed by atoms with Crippen molar-refractivity contribution in [1.82, 2.24) is 19.9 Å². The van der Waals surface area contributed by atoms with E-state index in [4.69, 9.17) is 0 Å². The van der Waals surface area contributed by atoms with Gasteiger partial charge in [-0.05, 0) is 24.3 Å². The molecule has 0 saturated carbocycles. The Hall–Kier alpha value is 0.414. The number of nitrogens with zero attached hydrogens (tertiary/aromatic N) is 4. The van der Waals surface area contributed by atoms with E-state index >= 15 is 0 Å². The number of fused-ring (bicyclic) bond motifs is 2. The summed E-state index contributed by atoms with van der Waals surface area (Å²) < 4.78 is 0. The number of hydrogen-bond donors (Lipinski definition) is 0. The first-order chi connectivity index (χ1) is 13.3. The predicted octanol–water partition coefficient (Wildman–Crippen LogP) is 7.90. The maximum absolute atomic E-state index is 4.12. The van der Waals surface area contributed by atoms with Crippen molar-refractivity contribution in [2.45, 2.75) is 27.2 Å². The van der Waals surface area contributed by atoms with E-state index in [1.807, 2.05) is 48.5 Å². The Labute approximate surface area is 240 Å². The smallest absolute Gasteiger partial charge is 0.0886 e. The molecule has 8 heteroatoms. The molecule has 29 heavy (non-hydrogen) atoms. The van der Waals surface area contributed by atoms with Gasteiger partial charge in [-0.2, -0.15) is 6.92 Å². The summed E-state index contributed by atoms with van der Waals surface area (Å²) in [6.07, 6.45) is 8.04. The molecular weight excluding hydrogens is 778 g/mol. The summed E-state index contributed by atoms with van der Waals surface area (Å²) in [6.45, 7) is 9.25. The zero-order valence-electron chi connectivity index (χ0n) is 16.9. The fourth-order valence-electron chi connectivity index (χ4n) is 1.82. The molecule has 0 aliphatic carbocycles. The molecule has 0 bridgehead atoms. The summed E-state index contributed by atoms with van der Waals surface area (Å²) in [5.41, 5.74) is 3.80. The van der Waals surface area contributed by atoms with Crippen LogP contribution in [-0.2, 0) is 32.7 Å². The molecule has 155 valence electrons. The topological polar surface area (TPSA) is 51.6 Å². The normalized spacial score (nSPS) is 7.93. The van der Waals surface area contributed by atoms with Crippen LogP contribution < -0.4 is 0 Å². The van der Waals surface area contributed by atoms with Gasteiger partial charge >= 0.3 is 0 Å². The number of rotatable bonds is 0. The Kier molecular flexibility index (Phi) is 29.0. The van der Waals surface area contributed by atoms with Gasteiger partial charge in [-0.15, -0.1) is 24.0 Å². The first-order valence-corrected chi connectivity index (χ1v) is 14.8. The van der Waals surface area contributed by atoms with Crippen molar-refractivity contribution < 1.29 is 32.7 Å². The van der Waals surface area contributed by atoms with E-state index in [0.717, 1.165) is 22.1 Å². The summed E-state index contributed by atoms with van der Waals surface area (Å²) >= 11 is 4.24. The molecule has 4 aromatic rings. The molecule has 4 nitrogen and oxygen atoms in total. The second-order valence-corrected chi connectivity index (χ2v) is 4.80. The molecule has 0 spiro atoms. The van der Waals surface area contributed by atoms with Crippen LogP contribution in [0.3, 0.4) is 0 Å². The summed E-state index contributed by atoms with van der Waals surface area (Å²) in [5.74, 6) is 0. The molecule has 0 amide bonds. The molecule has 4 rings (SSSR count). The predicted molar refractivity (Wildman–Crippen MR) is 150 cm³/mol. The van der Waals surface area contributed by atoms with Crippen LogP contribution in [0.15, 0.2) is 73.3 Å². The largest absolute Gasteiger partial charge is 0.346 e. The summed E-state index contributed by atoms with van der Waals surface area (Å²) in [4.78, 5) is 16.5. The van der Waals surface area contributed by atoms with Crippen molar-refractivity contribution >= 4 is 83.3 Å². The average Bonchev–Trinajstić information content (AvgIpc) is 2.78. The molecular formula is C21H26I3N4Y-. The van der Waals surface area contributed by atoms with E-state index < -0.39 is 0 Å². The fourth-order valence-corrected chi connectivity index (χ4v) is 1.82. The van der Waals surface area contributed by atoms with Gasteiger partial charge in [0.15, 0.2) is 0 Å². The molecule has 0 saturated heterocycles. The standard InChI is InChI=1S/2C8H6N2.C3H8.C2H5.I2.HI.Y/c2*1-2-4-8-7(3-1)9-5-6-10-8;1-3-2;2*1-2;;/h2*1-6H;3H2,1-2H3;1H2,2H3;;1H;/q;;;-1;;;. The number of para-hydroxylation sites is 4. The zero-order valence-corrected chi connectivity index (χ0v) is 26.4. The van der Waals surface area contributed by atoms with E-state index in [2.05, 4.69) is 77.9 Å². The molecule has 0 atom stereocenters. The van der Waals surface area contributed by atoms with Crippen LogP contribution in [0.4, 0.5) is 0 Å². The van der Waals surface area contributed by atoms with Crippen LogP contribution in [0.2, 0.25) is 0 Å². The van der Waals surface area contributed by atoms with Crippen molar-refractivity contribution in [3.05, 3.63) is 80.2 Å². The summed E-state index contributed by atoms with van der Waals surface area (Å²) in [7, 11) is 0.